The molecule has 1 aromatic rings. The van der Waals surface area contributed by atoms with Gasteiger partial charge in [-0.1, -0.05) is 43.0 Å². The number of benzene rings is 1. The first-order valence-electron chi connectivity index (χ1n) is 4.43. The van der Waals surface area contributed by atoms with Gasteiger partial charge in [0.25, 0.3) is 0 Å². The average molecular weight is 173 g/mol. The van der Waals surface area contributed by atoms with Crippen molar-refractivity contribution in [3.05, 3.63) is 55.1 Å². The molecule has 0 saturated heterocycles. The van der Waals surface area contributed by atoms with Crippen LogP contribution in [0.2, 0.25) is 0 Å². The van der Waals surface area contributed by atoms with Crippen LogP contribution in [0.3, 0.4) is 0 Å². The van der Waals surface area contributed by atoms with Gasteiger partial charge in [-0.05, 0) is 12.0 Å². The minimum absolute atomic E-state index is 0.900. The quantitative estimate of drug-likeness (QED) is 0.533. The van der Waals surface area contributed by atoms with Gasteiger partial charge in [-0.25, -0.2) is 0 Å². The first-order valence-corrected chi connectivity index (χ1v) is 4.43. The van der Waals surface area contributed by atoms with E-state index in [1.54, 1.807) is 0 Å². The maximum absolute atomic E-state index is 3.95. The van der Waals surface area contributed by atoms with E-state index in [0.29, 0.717) is 0 Å². The Balaban J connectivity index is 2.45. The predicted molar refractivity (Wildman–Crippen MR) is 58.3 cm³/mol. The summed E-state index contributed by atoms with van der Waals surface area (Å²) in [7, 11) is 0. The highest BCUT2D eigenvalue weighted by molar-refractivity contribution is 5.61. The summed E-state index contributed by atoms with van der Waals surface area (Å²) in [4.78, 5) is 0. The van der Waals surface area contributed by atoms with Gasteiger partial charge in [0.1, 0.15) is 0 Å². The molecular weight excluding hydrogens is 158 g/mol. The zero-order valence-corrected chi connectivity index (χ0v) is 7.79. The van der Waals surface area contributed by atoms with Gasteiger partial charge < -0.3 is 5.32 Å². The van der Waals surface area contributed by atoms with Gasteiger partial charge in [0, 0.05) is 12.2 Å². The Kier molecular flexibility index (Phi) is 3.83. The van der Waals surface area contributed by atoms with Crippen molar-refractivity contribution in [2.24, 2.45) is 0 Å². The Morgan fingerprint density at radius 2 is 2.00 bits per heavy atom. The molecule has 1 N–H and O–H groups in total. The van der Waals surface area contributed by atoms with E-state index in [2.05, 4.69) is 18.5 Å². The lowest BCUT2D eigenvalue weighted by Crippen LogP contribution is -2.11. The second kappa shape index (κ2) is 5.20. The number of rotatable bonds is 5. The molecule has 1 nitrogen and oxygen atoms in total. The van der Waals surface area contributed by atoms with Crippen molar-refractivity contribution in [1.82, 2.24) is 5.32 Å². The number of hydrogen-bond acceptors (Lipinski definition) is 1. The zero-order chi connectivity index (χ0) is 9.52. The van der Waals surface area contributed by atoms with Crippen molar-refractivity contribution < 1.29 is 0 Å². The van der Waals surface area contributed by atoms with E-state index in [-0.39, 0.29) is 0 Å². The summed E-state index contributed by atoms with van der Waals surface area (Å²) in [5.74, 6) is 0. The molecule has 0 amide bonds. The highest BCUT2D eigenvalue weighted by Crippen LogP contribution is 2.07. The van der Waals surface area contributed by atoms with Crippen LogP contribution in [0.1, 0.15) is 12.0 Å². The van der Waals surface area contributed by atoms with Gasteiger partial charge in [0.15, 0.2) is 0 Å². The fourth-order valence-electron chi connectivity index (χ4n) is 1.07. The molecule has 1 rings (SSSR count). The van der Waals surface area contributed by atoms with Crippen molar-refractivity contribution in [1.29, 1.82) is 0 Å². The molecule has 0 atom stereocenters. The lowest BCUT2D eigenvalue weighted by atomic mass is 10.2. The molecule has 0 saturated carbocycles. The normalized spacial score (nSPS) is 9.23. The Hall–Kier alpha value is -1.50. The standard InChI is InChI=1S/C12H15N/c1-3-4-10-13-11(2)12-8-6-5-7-9-12/h3,5-9,13H,1-2,4,10H2. The van der Waals surface area contributed by atoms with Crippen LogP contribution in [0, 0.1) is 0 Å². The van der Waals surface area contributed by atoms with Crippen molar-refractivity contribution in [3.63, 3.8) is 0 Å². The Labute approximate surface area is 79.8 Å². The topological polar surface area (TPSA) is 12.0 Å². The molecule has 0 aliphatic carbocycles. The summed E-state index contributed by atoms with van der Waals surface area (Å²) in [5, 5.41) is 3.23. The minimum atomic E-state index is 0.900. The van der Waals surface area contributed by atoms with Crippen LogP contribution in [0.5, 0.6) is 0 Å². The number of hydrogen-bond donors (Lipinski definition) is 1. The van der Waals surface area contributed by atoms with E-state index in [0.717, 1.165) is 24.2 Å². The summed E-state index contributed by atoms with van der Waals surface area (Å²) >= 11 is 0. The van der Waals surface area contributed by atoms with Crippen LogP contribution >= 0.6 is 0 Å². The Morgan fingerprint density at radius 3 is 2.62 bits per heavy atom. The van der Waals surface area contributed by atoms with E-state index in [1.807, 2.05) is 36.4 Å². The fourth-order valence-corrected chi connectivity index (χ4v) is 1.07. The van der Waals surface area contributed by atoms with Crippen molar-refractivity contribution in [3.8, 4) is 0 Å². The molecule has 1 heteroatoms. The van der Waals surface area contributed by atoms with Crippen molar-refractivity contribution in [2.75, 3.05) is 6.54 Å². The van der Waals surface area contributed by atoms with Crippen LogP contribution < -0.4 is 5.32 Å². The smallest absolute Gasteiger partial charge is 0.0340 e. The summed E-state index contributed by atoms with van der Waals surface area (Å²) < 4.78 is 0. The zero-order valence-electron chi connectivity index (χ0n) is 7.79. The molecule has 0 aliphatic rings. The second-order valence-electron chi connectivity index (χ2n) is 2.85. The lowest BCUT2D eigenvalue weighted by molar-refractivity contribution is 0.872. The molecule has 13 heavy (non-hydrogen) atoms. The molecule has 0 bridgehead atoms. The molecular formula is C12H15N. The third-order valence-corrected chi connectivity index (χ3v) is 1.81. The SMILES string of the molecule is C=CCCNC(=C)c1ccccc1. The van der Waals surface area contributed by atoms with Gasteiger partial charge >= 0.3 is 0 Å². The number of nitrogens with one attached hydrogen (secondary N) is 1. The lowest BCUT2D eigenvalue weighted by Gasteiger charge is -2.07. The van der Waals surface area contributed by atoms with Gasteiger partial charge in [-0.3, -0.25) is 0 Å². The highest BCUT2D eigenvalue weighted by Gasteiger charge is 1.94. The molecule has 0 aliphatic heterocycles. The van der Waals surface area contributed by atoms with E-state index in [1.165, 1.54) is 0 Å². The first kappa shape index (κ1) is 9.59. The average Bonchev–Trinajstić information content (AvgIpc) is 2.19. The van der Waals surface area contributed by atoms with E-state index < -0.39 is 0 Å². The van der Waals surface area contributed by atoms with Crippen LogP contribution in [0.4, 0.5) is 0 Å². The first-order chi connectivity index (χ1) is 6.34. The fraction of sp³-hybridized carbons (Fsp3) is 0.167. The molecule has 0 fully saturated rings. The summed E-state index contributed by atoms with van der Waals surface area (Å²) in [5.41, 5.74) is 2.12. The summed E-state index contributed by atoms with van der Waals surface area (Å²) in [6.45, 7) is 8.51. The van der Waals surface area contributed by atoms with Crippen LogP contribution in [0.15, 0.2) is 49.6 Å². The molecule has 1 aromatic carbocycles. The monoisotopic (exact) mass is 173 g/mol. The van der Waals surface area contributed by atoms with Crippen LogP contribution in [-0.4, -0.2) is 6.54 Å². The Morgan fingerprint density at radius 1 is 1.31 bits per heavy atom. The molecule has 0 spiro atoms. The Bertz CT molecular complexity index is 274. The van der Waals surface area contributed by atoms with Gasteiger partial charge in [0.2, 0.25) is 0 Å². The van der Waals surface area contributed by atoms with Gasteiger partial charge in [0.05, 0.1) is 0 Å². The third-order valence-electron chi connectivity index (χ3n) is 1.81. The minimum Gasteiger partial charge on any atom is -0.385 e. The molecule has 0 aromatic heterocycles. The van der Waals surface area contributed by atoms with E-state index in [9.17, 15) is 0 Å². The summed E-state index contributed by atoms with van der Waals surface area (Å²) in [6.07, 6.45) is 2.86. The maximum atomic E-state index is 3.95. The largest absolute Gasteiger partial charge is 0.385 e. The van der Waals surface area contributed by atoms with E-state index in [4.69, 9.17) is 0 Å². The third kappa shape index (κ3) is 3.16. The van der Waals surface area contributed by atoms with Gasteiger partial charge in [-0.15, -0.1) is 6.58 Å². The van der Waals surface area contributed by atoms with Crippen molar-refractivity contribution in [2.45, 2.75) is 6.42 Å². The van der Waals surface area contributed by atoms with Crippen LogP contribution in [0.25, 0.3) is 5.70 Å². The molecule has 68 valence electrons. The van der Waals surface area contributed by atoms with Gasteiger partial charge in [-0.2, -0.15) is 0 Å². The summed E-state index contributed by atoms with van der Waals surface area (Å²) in [6, 6.07) is 10.1. The highest BCUT2D eigenvalue weighted by atomic mass is 14.9. The second-order valence-corrected chi connectivity index (χ2v) is 2.85. The predicted octanol–water partition coefficient (Wildman–Crippen LogP) is 2.82. The van der Waals surface area contributed by atoms with Crippen molar-refractivity contribution >= 4 is 5.70 Å². The van der Waals surface area contributed by atoms with Crippen LogP contribution in [-0.2, 0) is 0 Å². The molecule has 0 heterocycles. The molecule has 0 unspecified atom stereocenters. The van der Waals surface area contributed by atoms with E-state index >= 15 is 0 Å². The molecule has 0 radical (unpaired) electrons. The maximum Gasteiger partial charge on any atom is 0.0340 e.